The molecule has 0 aromatic heterocycles. The summed E-state index contributed by atoms with van der Waals surface area (Å²) in [6, 6.07) is 17.8. The number of methoxy groups -OCH3 is 1. The molecule has 0 spiro atoms. The van der Waals surface area contributed by atoms with Crippen LogP contribution in [0.4, 0.5) is 5.69 Å². The summed E-state index contributed by atoms with van der Waals surface area (Å²) in [5.74, 6) is 0.418. The average molecular weight is 409 g/mol. The van der Waals surface area contributed by atoms with Crippen molar-refractivity contribution < 1.29 is 4.74 Å². The van der Waals surface area contributed by atoms with Crippen molar-refractivity contribution in [3.63, 3.8) is 0 Å². The number of hydrogen-bond acceptors (Lipinski definition) is 2. The molecule has 118 valence electrons. The summed E-state index contributed by atoms with van der Waals surface area (Å²) in [6.45, 7) is 3.92. The predicted molar refractivity (Wildman–Crippen MR) is 103 cm³/mol. The highest BCUT2D eigenvalue weighted by atomic mass is 127. The molecule has 0 saturated heterocycles. The molecular formula is C19H24INO. The van der Waals surface area contributed by atoms with E-state index in [2.05, 4.69) is 90.0 Å². The molecule has 22 heavy (non-hydrogen) atoms. The summed E-state index contributed by atoms with van der Waals surface area (Å²) in [4.78, 5) is 2.22. The number of likely N-dealkylation sites (N-methyl/N-ethyl adjacent to an activating group) is 1. The quantitative estimate of drug-likeness (QED) is 0.479. The Kier molecular flexibility index (Phi) is 6.70. The Morgan fingerprint density at radius 2 is 1.55 bits per heavy atom. The molecule has 0 radical (unpaired) electrons. The average Bonchev–Trinajstić information content (AvgIpc) is 2.59. The summed E-state index contributed by atoms with van der Waals surface area (Å²) in [7, 11) is 3.84. The third kappa shape index (κ3) is 4.46. The van der Waals surface area contributed by atoms with Crippen LogP contribution in [0.3, 0.4) is 0 Å². The fourth-order valence-electron chi connectivity index (χ4n) is 2.46. The molecule has 0 aliphatic rings. The predicted octanol–water partition coefficient (Wildman–Crippen LogP) is 4.86. The molecule has 2 rings (SSSR count). The fourth-order valence-corrected chi connectivity index (χ4v) is 2.97. The second-order valence-electron chi connectivity index (χ2n) is 5.60. The van der Waals surface area contributed by atoms with Gasteiger partial charge in [-0.25, -0.2) is 0 Å². The minimum absolute atomic E-state index is 0.418. The van der Waals surface area contributed by atoms with Crippen LogP contribution in [-0.4, -0.2) is 27.3 Å². The van der Waals surface area contributed by atoms with Gasteiger partial charge in [0.15, 0.2) is 0 Å². The van der Waals surface area contributed by atoms with Crippen molar-refractivity contribution in [3.05, 3.63) is 65.2 Å². The van der Waals surface area contributed by atoms with Crippen LogP contribution in [0, 0.1) is 0 Å². The minimum Gasteiger partial charge on any atom is -0.383 e. The third-order valence-corrected chi connectivity index (χ3v) is 4.98. The number of anilines is 1. The van der Waals surface area contributed by atoms with E-state index in [9.17, 15) is 0 Å². The first kappa shape index (κ1) is 17.3. The molecule has 0 amide bonds. The van der Waals surface area contributed by atoms with Crippen LogP contribution in [0.25, 0.3) is 0 Å². The van der Waals surface area contributed by atoms with Gasteiger partial charge in [0.1, 0.15) is 0 Å². The molecule has 2 nitrogen and oxygen atoms in total. The van der Waals surface area contributed by atoms with E-state index in [1.54, 1.807) is 7.11 Å². The van der Waals surface area contributed by atoms with E-state index in [4.69, 9.17) is 4.74 Å². The highest BCUT2D eigenvalue weighted by Crippen LogP contribution is 2.26. The molecule has 0 aliphatic carbocycles. The van der Waals surface area contributed by atoms with E-state index in [1.165, 1.54) is 22.4 Å². The topological polar surface area (TPSA) is 12.5 Å². The van der Waals surface area contributed by atoms with Gasteiger partial charge in [-0.05, 0) is 28.8 Å². The van der Waals surface area contributed by atoms with Gasteiger partial charge in [-0.2, -0.15) is 0 Å². The molecule has 0 saturated carbocycles. The molecule has 0 aliphatic heterocycles. The van der Waals surface area contributed by atoms with Crippen LogP contribution in [0.15, 0.2) is 48.5 Å². The maximum absolute atomic E-state index is 5.13. The number of rotatable bonds is 7. The number of nitrogens with zero attached hydrogens (tertiary/aromatic N) is 1. The van der Waals surface area contributed by atoms with Crippen molar-refractivity contribution in [1.82, 2.24) is 0 Å². The van der Waals surface area contributed by atoms with Crippen molar-refractivity contribution in [2.24, 2.45) is 0 Å². The maximum Gasteiger partial charge on any atom is 0.0637 e. The standard InChI is InChI=1S/C19H24INO/c1-15(17-6-4-16(14-20)5-7-17)18-8-10-19(11-9-18)21(2)12-13-22-3/h4-11,15H,12-14H2,1-3H3. The van der Waals surface area contributed by atoms with Gasteiger partial charge in [-0.1, -0.05) is 65.9 Å². The molecule has 0 fully saturated rings. The monoisotopic (exact) mass is 409 g/mol. The molecule has 0 N–H and O–H groups in total. The first-order chi connectivity index (χ1) is 10.7. The number of halogens is 1. The van der Waals surface area contributed by atoms with E-state index in [-0.39, 0.29) is 0 Å². The first-order valence-corrected chi connectivity index (χ1v) is 9.13. The molecule has 3 heteroatoms. The van der Waals surface area contributed by atoms with Crippen molar-refractivity contribution >= 4 is 28.3 Å². The van der Waals surface area contributed by atoms with Gasteiger partial charge < -0.3 is 9.64 Å². The third-order valence-electron chi connectivity index (χ3n) is 4.10. The smallest absolute Gasteiger partial charge is 0.0637 e. The Balaban J connectivity index is 2.08. The van der Waals surface area contributed by atoms with Crippen LogP contribution >= 0.6 is 22.6 Å². The van der Waals surface area contributed by atoms with Crippen LogP contribution in [0.1, 0.15) is 29.5 Å². The summed E-state index contributed by atoms with van der Waals surface area (Å²) < 4.78 is 6.19. The van der Waals surface area contributed by atoms with Gasteiger partial charge in [-0.3, -0.25) is 0 Å². The van der Waals surface area contributed by atoms with Crippen LogP contribution in [0.2, 0.25) is 0 Å². The van der Waals surface area contributed by atoms with E-state index < -0.39 is 0 Å². The number of hydrogen-bond donors (Lipinski definition) is 0. The van der Waals surface area contributed by atoms with E-state index in [0.29, 0.717) is 5.92 Å². The summed E-state index contributed by atoms with van der Waals surface area (Å²) in [5, 5.41) is 0. The highest BCUT2D eigenvalue weighted by Gasteiger charge is 2.09. The maximum atomic E-state index is 5.13. The molecule has 0 bridgehead atoms. The Bertz CT molecular complexity index is 565. The zero-order chi connectivity index (χ0) is 15.9. The van der Waals surface area contributed by atoms with E-state index in [0.717, 1.165) is 17.6 Å². The van der Waals surface area contributed by atoms with Crippen molar-refractivity contribution in [1.29, 1.82) is 0 Å². The van der Waals surface area contributed by atoms with Crippen LogP contribution in [-0.2, 0) is 9.16 Å². The van der Waals surface area contributed by atoms with Gasteiger partial charge in [0.25, 0.3) is 0 Å². The summed E-state index contributed by atoms with van der Waals surface area (Å²) >= 11 is 2.40. The number of alkyl halides is 1. The molecule has 1 atom stereocenters. The lowest BCUT2D eigenvalue weighted by molar-refractivity contribution is 0.206. The van der Waals surface area contributed by atoms with Gasteiger partial charge in [0, 0.05) is 36.7 Å². The molecule has 1 unspecified atom stereocenters. The number of ether oxygens (including phenoxy) is 1. The van der Waals surface area contributed by atoms with E-state index in [1.807, 2.05) is 0 Å². The van der Waals surface area contributed by atoms with Crippen molar-refractivity contribution in [2.75, 3.05) is 32.2 Å². The normalized spacial score (nSPS) is 12.2. The largest absolute Gasteiger partial charge is 0.383 e. The molecule has 2 aromatic rings. The molecule has 2 aromatic carbocycles. The van der Waals surface area contributed by atoms with Gasteiger partial charge >= 0.3 is 0 Å². The summed E-state index contributed by atoms with van der Waals surface area (Å²) in [6.07, 6.45) is 0. The second-order valence-corrected chi connectivity index (χ2v) is 6.37. The highest BCUT2D eigenvalue weighted by molar-refractivity contribution is 14.1. The van der Waals surface area contributed by atoms with E-state index >= 15 is 0 Å². The van der Waals surface area contributed by atoms with Crippen molar-refractivity contribution in [2.45, 2.75) is 17.3 Å². The SMILES string of the molecule is COCCN(C)c1ccc(C(C)c2ccc(CI)cc2)cc1. The van der Waals surface area contributed by atoms with Gasteiger partial charge in [-0.15, -0.1) is 0 Å². The second kappa shape index (κ2) is 8.53. The molecular weight excluding hydrogens is 385 g/mol. The van der Waals surface area contributed by atoms with Crippen LogP contribution < -0.4 is 4.90 Å². The Hall–Kier alpha value is -1.07. The Morgan fingerprint density at radius 3 is 2.05 bits per heavy atom. The number of benzene rings is 2. The lowest BCUT2D eigenvalue weighted by atomic mass is 9.92. The van der Waals surface area contributed by atoms with Crippen LogP contribution in [0.5, 0.6) is 0 Å². The first-order valence-electron chi connectivity index (χ1n) is 7.60. The zero-order valence-electron chi connectivity index (χ0n) is 13.6. The molecule has 0 heterocycles. The van der Waals surface area contributed by atoms with Gasteiger partial charge in [0.05, 0.1) is 6.61 Å². The Labute approximate surface area is 147 Å². The minimum atomic E-state index is 0.418. The Morgan fingerprint density at radius 1 is 1.00 bits per heavy atom. The zero-order valence-corrected chi connectivity index (χ0v) is 15.7. The summed E-state index contributed by atoms with van der Waals surface area (Å²) in [5.41, 5.74) is 5.33. The lowest BCUT2D eigenvalue weighted by Crippen LogP contribution is -2.21. The fraction of sp³-hybridized carbons (Fsp3) is 0.368. The van der Waals surface area contributed by atoms with Gasteiger partial charge in [0.2, 0.25) is 0 Å². The van der Waals surface area contributed by atoms with Crippen molar-refractivity contribution in [3.8, 4) is 0 Å². The lowest BCUT2D eigenvalue weighted by Gasteiger charge is -2.20.